The predicted molar refractivity (Wildman–Crippen MR) is 68.5 cm³/mol. The summed E-state index contributed by atoms with van der Waals surface area (Å²) in [7, 11) is 0. The second kappa shape index (κ2) is 5.48. The molecule has 4 heteroatoms. The molecule has 1 unspecified atom stereocenters. The molecule has 1 saturated heterocycles. The van der Waals surface area contributed by atoms with Crippen LogP contribution in [-0.2, 0) is 6.42 Å². The van der Waals surface area contributed by atoms with Crippen molar-refractivity contribution in [2.45, 2.75) is 31.7 Å². The molecule has 1 aliphatic heterocycles. The van der Waals surface area contributed by atoms with Gasteiger partial charge in [0.25, 0.3) is 0 Å². The number of nitrogens with one attached hydrogen (secondary N) is 1. The van der Waals surface area contributed by atoms with Crippen molar-refractivity contribution in [3.05, 3.63) is 33.0 Å². The Bertz CT molecular complexity index is 378. The summed E-state index contributed by atoms with van der Waals surface area (Å²) in [5, 5.41) is 3.99. The number of rotatable bonds is 2. The zero-order valence-corrected chi connectivity index (χ0v) is 11.2. The third kappa shape index (κ3) is 2.76. The Morgan fingerprint density at radius 2 is 2.25 bits per heavy atom. The first-order chi connectivity index (χ1) is 7.68. The van der Waals surface area contributed by atoms with Crippen molar-refractivity contribution in [2.24, 2.45) is 0 Å². The third-order valence-corrected chi connectivity index (χ3v) is 4.45. The van der Waals surface area contributed by atoms with E-state index in [-0.39, 0.29) is 5.82 Å². The predicted octanol–water partition coefficient (Wildman–Crippen LogP) is 3.93. The van der Waals surface area contributed by atoms with Gasteiger partial charge in [0.1, 0.15) is 5.82 Å². The Kier molecular flexibility index (Phi) is 4.22. The average Bonchev–Trinajstić information content (AvgIpc) is 2.31. The van der Waals surface area contributed by atoms with Gasteiger partial charge >= 0.3 is 0 Å². The molecule has 0 radical (unpaired) electrons. The Morgan fingerprint density at radius 3 is 2.94 bits per heavy atom. The summed E-state index contributed by atoms with van der Waals surface area (Å²) in [5.41, 5.74) is 0.687. The number of halogens is 3. The maximum absolute atomic E-state index is 13.7. The van der Waals surface area contributed by atoms with Crippen molar-refractivity contribution in [1.82, 2.24) is 5.32 Å². The van der Waals surface area contributed by atoms with Crippen LogP contribution in [0.15, 0.2) is 16.6 Å². The summed E-state index contributed by atoms with van der Waals surface area (Å²) in [4.78, 5) is 0. The van der Waals surface area contributed by atoms with E-state index in [1.165, 1.54) is 18.9 Å². The second-order valence-electron chi connectivity index (χ2n) is 4.17. The van der Waals surface area contributed by atoms with Crippen molar-refractivity contribution < 1.29 is 4.39 Å². The van der Waals surface area contributed by atoms with Crippen LogP contribution in [0.4, 0.5) is 4.39 Å². The molecule has 1 aliphatic rings. The van der Waals surface area contributed by atoms with Crippen LogP contribution in [-0.4, -0.2) is 12.6 Å². The summed E-state index contributed by atoms with van der Waals surface area (Å²) in [6.45, 7) is 1.03. The van der Waals surface area contributed by atoms with Gasteiger partial charge in [-0.15, -0.1) is 0 Å². The van der Waals surface area contributed by atoms with Crippen molar-refractivity contribution in [2.75, 3.05) is 6.54 Å². The van der Waals surface area contributed by atoms with Gasteiger partial charge in [-0.05, 0) is 53.9 Å². The van der Waals surface area contributed by atoms with E-state index in [9.17, 15) is 4.39 Å². The highest BCUT2D eigenvalue weighted by atomic mass is 79.9. The summed E-state index contributed by atoms with van der Waals surface area (Å²) < 4.78 is 14.4. The molecule has 0 amide bonds. The van der Waals surface area contributed by atoms with E-state index >= 15 is 0 Å². The largest absolute Gasteiger partial charge is 0.314 e. The highest BCUT2D eigenvalue weighted by Crippen LogP contribution is 2.30. The van der Waals surface area contributed by atoms with E-state index in [1.54, 1.807) is 6.07 Å². The maximum atomic E-state index is 13.7. The van der Waals surface area contributed by atoms with Crippen molar-refractivity contribution >= 4 is 27.5 Å². The summed E-state index contributed by atoms with van der Waals surface area (Å²) >= 11 is 9.33. The van der Waals surface area contributed by atoms with Gasteiger partial charge in [-0.2, -0.15) is 0 Å². The van der Waals surface area contributed by atoms with Crippen LogP contribution in [0.2, 0.25) is 5.02 Å². The lowest BCUT2D eigenvalue weighted by atomic mass is 9.97. The minimum atomic E-state index is -0.177. The number of benzene rings is 1. The highest BCUT2D eigenvalue weighted by molar-refractivity contribution is 9.10. The Labute approximate surface area is 109 Å². The minimum absolute atomic E-state index is 0.177. The standard InChI is InChI=1S/C12H14BrClFN/c13-12-9(11(15)5-4-10(12)14)7-8-3-1-2-6-16-8/h4-5,8,16H,1-3,6-7H2. The average molecular weight is 307 g/mol. The van der Waals surface area contributed by atoms with Crippen molar-refractivity contribution in [1.29, 1.82) is 0 Å². The molecule has 0 aliphatic carbocycles. The molecular formula is C12H14BrClFN. The Morgan fingerprint density at radius 1 is 1.44 bits per heavy atom. The Hall–Kier alpha value is -0.120. The summed E-state index contributed by atoms with van der Waals surface area (Å²) in [6.07, 6.45) is 4.25. The van der Waals surface area contributed by atoms with Crippen LogP contribution in [0.5, 0.6) is 0 Å². The van der Waals surface area contributed by atoms with Gasteiger partial charge in [-0.1, -0.05) is 18.0 Å². The summed E-state index contributed by atoms with van der Waals surface area (Å²) in [6, 6.07) is 3.39. The van der Waals surface area contributed by atoms with Gasteiger partial charge in [-0.25, -0.2) is 4.39 Å². The monoisotopic (exact) mass is 305 g/mol. The number of hydrogen-bond donors (Lipinski definition) is 1. The molecule has 0 aromatic heterocycles. The quantitative estimate of drug-likeness (QED) is 0.817. The first-order valence-electron chi connectivity index (χ1n) is 5.54. The van der Waals surface area contributed by atoms with E-state index in [2.05, 4.69) is 21.2 Å². The number of piperidine rings is 1. The lowest BCUT2D eigenvalue weighted by Gasteiger charge is -2.24. The van der Waals surface area contributed by atoms with Gasteiger partial charge in [0, 0.05) is 16.1 Å². The van der Waals surface area contributed by atoms with Crippen LogP contribution < -0.4 is 5.32 Å². The van der Waals surface area contributed by atoms with E-state index in [0.29, 0.717) is 27.5 Å². The molecule has 1 nitrogen and oxygen atoms in total. The molecule has 2 rings (SSSR count). The molecular weight excluding hydrogens is 292 g/mol. The molecule has 1 aromatic carbocycles. The molecule has 0 saturated carbocycles. The molecule has 1 heterocycles. The van der Waals surface area contributed by atoms with Crippen molar-refractivity contribution in [3.63, 3.8) is 0 Å². The van der Waals surface area contributed by atoms with E-state index in [1.807, 2.05) is 0 Å². The lowest BCUT2D eigenvalue weighted by Crippen LogP contribution is -2.35. The smallest absolute Gasteiger partial charge is 0.127 e. The van der Waals surface area contributed by atoms with Gasteiger partial charge in [0.05, 0.1) is 5.02 Å². The van der Waals surface area contributed by atoms with Crippen LogP contribution >= 0.6 is 27.5 Å². The van der Waals surface area contributed by atoms with Gasteiger partial charge in [-0.3, -0.25) is 0 Å². The second-order valence-corrected chi connectivity index (χ2v) is 5.37. The van der Waals surface area contributed by atoms with E-state index in [4.69, 9.17) is 11.6 Å². The van der Waals surface area contributed by atoms with Crippen molar-refractivity contribution in [3.8, 4) is 0 Å². The SMILES string of the molecule is Fc1ccc(Cl)c(Br)c1CC1CCCCN1. The van der Waals surface area contributed by atoms with Crippen LogP contribution in [0.25, 0.3) is 0 Å². The third-order valence-electron chi connectivity index (χ3n) is 3.00. The molecule has 0 spiro atoms. The van der Waals surface area contributed by atoms with E-state index < -0.39 is 0 Å². The van der Waals surface area contributed by atoms with E-state index in [0.717, 1.165) is 13.0 Å². The molecule has 16 heavy (non-hydrogen) atoms. The zero-order chi connectivity index (χ0) is 11.5. The topological polar surface area (TPSA) is 12.0 Å². The highest BCUT2D eigenvalue weighted by Gasteiger charge is 2.18. The Balaban J connectivity index is 2.16. The van der Waals surface area contributed by atoms with Crippen LogP contribution in [0.1, 0.15) is 24.8 Å². The van der Waals surface area contributed by atoms with Gasteiger partial charge < -0.3 is 5.32 Å². The zero-order valence-electron chi connectivity index (χ0n) is 8.90. The fourth-order valence-electron chi connectivity index (χ4n) is 2.10. The maximum Gasteiger partial charge on any atom is 0.127 e. The first kappa shape index (κ1) is 12.3. The fourth-order valence-corrected chi connectivity index (χ4v) is 2.76. The normalized spacial score (nSPS) is 21.1. The molecule has 1 fully saturated rings. The fraction of sp³-hybridized carbons (Fsp3) is 0.500. The molecule has 1 aromatic rings. The van der Waals surface area contributed by atoms with Crippen LogP contribution in [0, 0.1) is 5.82 Å². The summed E-state index contributed by atoms with van der Waals surface area (Å²) in [5.74, 6) is -0.177. The van der Waals surface area contributed by atoms with Gasteiger partial charge in [0.2, 0.25) is 0 Å². The lowest BCUT2D eigenvalue weighted by molar-refractivity contribution is 0.395. The number of hydrogen-bond acceptors (Lipinski definition) is 1. The minimum Gasteiger partial charge on any atom is -0.314 e. The molecule has 1 atom stereocenters. The molecule has 88 valence electrons. The molecule has 1 N–H and O–H groups in total. The van der Waals surface area contributed by atoms with Crippen LogP contribution in [0.3, 0.4) is 0 Å². The molecule has 0 bridgehead atoms. The first-order valence-corrected chi connectivity index (χ1v) is 6.71. The van der Waals surface area contributed by atoms with Gasteiger partial charge in [0.15, 0.2) is 0 Å².